The van der Waals surface area contributed by atoms with E-state index in [2.05, 4.69) is 15.3 Å². The van der Waals surface area contributed by atoms with Crippen molar-refractivity contribution >= 4 is 48.6 Å². The van der Waals surface area contributed by atoms with E-state index in [1.807, 2.05) is 17.0 Å². The number of nitrogens with zero attached hydrogens (tertiary/aromatic N) is 4. The Morgan fingerprint density at radius 2 is 1.72 bits per heavy atom. The Morgan fingerprint density at radius 1 is 1.06 bits per heavy atom. The maximum absolute atomic E-state index is 12.6. The van der Waals surface area contributed by atoms with Crippen molar-refractivity contribution in [3.63, 3.8) is 0 Å². The lowest BCUT2D eigenvalue weighted by atomic mass is 9.97. The molecule has 3 aromatic rings. The molecule has 1 aliphatic rings. The van der Waals surface area contributed by atoms with E-state index in [0.717, 1.165) is 11.4 Å². The van der Waals surface area contributed by atoms with Crippen LogP contribution in [0.3, 0.4) is 0 Å². The first-order valence-corrected chi connectivity index (χ1v) is 12.8. The van der Waals surface area contributed by atoms with Gasteiger partial charge in [-0.15, -0.1) is 0 Å². The molecule has 0 bridgehead atoms. The minimum absolute atomic E-state index is 0.288. The number of aliphatic hydroxyl groups is 1. The number of hydrogen-bond acceptors (Lipinski definition) is 8. The van der Waals surface area contributed by atoms with Crippen LogP contribution in [0.2, 0.25) is 0 Å². The molecule has 32 heavy (non-hydrogen) atoms. The van der Waals surface area contributed by atoms with E-state index in [0.29, 0.717) is 47.2 Å². The van der Waals surface area contributed by atoms with Crippen molar-refractivity contribution in [2.45, 2.75) is 19.4 Å². The summed E-state index contributed by atoms with van der Waals surface area (Å²) in [5.41, 5.74) is 0.905. The quantitative estimate of drug-likeness (QED) is 0.581. The summed E-state index contributed by atoms with van der Waals surface area (Å²) >= 11 is 1.28. The third-order valence-corrected chi connectivity index (χ3v) is 7.53. The van der Waals surface area contributed by atoms with E-state index in [1.165, 1.54) is 21.9 Å². The number of carbonyl (C=O) groups is 1. The van der Waals surface area contributed by atoms with Gasteiger partial charge in [0, 0.05) is 31.7 Å². The van der Waals surface area contributed by atoms with Crippen LogP contribution in [0.15, 0.2) is 36.4 Å². The van der Waals surface area contributed by atoms with Gasteiger partial charge in [0.1, 0.15) is 16.2 Å². The van der Waals surface area contributed by atoms with Crippen molar-refractivity contribution in [2.24, 2.45) is 0 Å². The second-order valence-electron chi connectivity index (χ2n) is 8.25. The molecule has 0 radical (unpaired) electrons. The van der Waals surface area contributed by atoms with E-state index >= 15 is 0 Å². The number of piperazine rings is 1. The van der Waals surface area contributed by atoms with Gasteiger partial charge >= 0.3 is 0 Å². The fourth-order valence-corrected chi connectivity index (χ4v) is 5.14. The third-order valence-electron chi connectivity index (χ3n) is 5.35. The number of hydrogen-bond donors (Lipinski definition) is 2. The molecule has 0 atom stereocenters. The molecule has 0 aliphatic carbocycles. The van der Waals surface area contributed by atoms with Crippen LogP contribution in [-0.2, 0) is 15.6 Å². The minimum Gasteiger partial charge on any atom is -0.386 e. The normalized spacial score (nSPS) is 15.8. The number of aromatic nitrogens is 2. The van der Waals surface area contributed by atoms with Gasteiger partial charge in [0.15, 0.2) is 5.13 Å². The Bertz CT molecular complexity index is 1240. The zero-order chi connectivity index (χ0) is 23.1. The van der Waals surface area contributed by atoms with Gasteiger partial charge in [-0.05, 0) is 43.7 Å². The highest BCUT2D eigenvalue weighted by Crippen LogP contribution is 2.28. The molecule has 0 unspecified atom stereocenters. The Hall–Kier alpha value is -2.60. The van der Waals surface area contributed by atoms with Crippen molar-refractivity contribution in [2.75, 3.05) is 42.7 Å². The predicted molar refractivity (Wildman–Crippen MR) is 126 cm³/mol. The lowest BCUT2D eigenvalue weighted by Gasteiger charge is -2.33. The molecule has 2 N–H and O–H groups in total. The molecule has 3 heterocycles. The van der Waals surface area contributed by atoms with Gasteiger partial charge < -0.3 is 10.0 Å². The first-order chi connectivity index (χ1) is 15.0. The van der Waals surface area contributed by atoms with Crippen molar-refractivity contribution in [3.8, 4) is 0 Å². The van der Waals surface area contributed by atoms with Crippen molar-refractivity contribution in [1.82, 2.24) is 14.3 Å². The molecule has 1 fully saturated rings. The number of amides is 1. The van der Waals surface area contributed by atoms with Gasteiger partial charge in [-0.3, -0.25) is 10.1 Å². The van der Waals surface area contributed by atoms with Crippen LogP contribution in [0.4, 0.5) is 10.9 Å². The SMILES string of the molecule is CC(C)(O)c1ccc(C(=O)Nc2nc3ccc(N4CCN(S(C)(=O)=O)CC4)nc3s2)cc1. The second-order valence-corrected chi connectivity index (χ2v) is 11.2. The molecule has 1 aliphatic heterocycles. The molecular formula is C21H25N5O4S2. The summed E-state index contributed by atoms with van der Waals surface area (Å²) in [7, 11) is -3.18. The van der Waals surface area contributed by atoms with Crippen LogP contribution < -0.4 is 10.2 Å². The number of thiazole rings is 1. The largest absolute Gasteiger partial charge is 0.386 e. The number of nitrogens with one attached hydrogen (secondary N) is 1. The number of benzene rings is 1. The van der Waals surface area contributed by atoms with E-state index < -0.39 is 15.6 Å². The molecule has 4 rings (SSSR count). The van der Waals surface area contributed by atoms with Crippen LogP contribution in [-0.4, -0.2) is 66.1 Å². The fraction of sp³-hybridized carbons (Fsp3) is 0.381. The van der Waals surface area contributed by atoms with Crippen LogP contribution in [0, 0.1) is 0 Å². The standard InChI is InChI=1S/C21H25N5O4S2/c1-21(2,28)15-6-4-14(5-7-15)18(27)24-20-22-16-8-9-17(23-19(16)31-20)25-10-12-26(13-11-25)32(3,29)30/h4-9,28H,10-13H2,1-3H3,(H,22,24,27). The number of carbonyl (C=O) groups excluding carboxylic acids is 1. The van der Waals surface area contributed by atoms with E-state index in [4.69, 9.17) is 0 Å². The number of anilines is 2. The predicted octanol–water partition coefficient (Wildman–Crippen LogP) is 2.25. The summed E-state index contributed by atoms with van der Waals surface area (Å²) in [5, 5.41) is 13.3. The first kappa shape index (κ1) is 22.6. The molecule has 0 spiro atoms. The van der Waals surface area contributed by atoms with Gasteiger partial charge in [-0.2, -0.15) is 4.31 Å². The Morgan fingerprint density at radius 3 is 2.31 bits per heavy atom. The molecule has 9 nitrogen and oxygen atoms in total. The highest BCUT2D eigenvalue weighted by molar-refractivity contribution is 7.88. The summed E-state index contributed by atoms with van der Waals surface area (Å²) in [6.07, 6.45) is 1.22. The zero-order valence-corrected chi connectivity index (χ0v) is 19.7. The summed E-state index contributed by atoms with van der Waals surface area (Å²) in [6.45, 7) is 5.36. The second kappa shape index (κ2) is 8.39. The average Bonchev–Trinajstić information content (AvgIpc) is 3.14. The maximum atomic E-state index is 12.6. The van der Waals surface area contributed by atoms with Crippen molar-refractivity contribution < 1.29 is 18.3 Å². The van der Waals surface area contributed by atoms with E-state index in [9.17, 15) is 18.3 Å². The molecule has 1 saturated heterocycles. The monoisotopic (exact) mass is 475 g/mol. The molecule has 0 saturated carbocycles. The highest BCUT2D eigenvalue weighted by atomic mass is 32.2. The summed E-state index contributed by atoms with van der Waals surface area (Å²) in [5.74, 6) is 0.470. The molecule has 1 aromatic carbocycles. The molecule has 11 heteroatoms. The van der Waals surface area contributed by atoms with Crippen LogP contribution in [0.5, 0.6) is 0 Å². The summed E-state index contributed by atoms with van der Waals surface area (Å²) in [4.78, 5) is 24.4. The van der Waals surface area contributed by atoms with Gasteiger partial charge in [-0.1, -0.05) is 23.5 Å². The van der Waals surface area contributed by atoms with Crippen molar-refractivity contribution in [3.05, 3.63) is 47.5 Å². The summed E-state index contributed by atoms with van der Waals surface area (Å²) < 4.78 is 24.9. The lowest BCUT2D eigenvalue weighted by molar-refractivity contribution is 0.0785. The topological polar surface area (TPSA) is 116 Å². The van der Waals surface area contributed by atoms with Gasteiger partial charge in [0.2, 0.25) is 10.0 Å². The van der Waals surface area contributed by atoms with Gasteiger partial charge in [0.05, 0.1) is 11.9 Å². The van der Waals surface area contributed by atoms with Gasteiger partial charge in [0.25, 0.3) is 5.91 Å². The van der Waals surface area contributed by atoms with Crippen LogP contribution in [0.25, 0.3) is 10.3 Å². The molecule has 1 amide bonds. The smallest absolute Gasteiger partial charge is 0.257 e. The number of fused-ring (bicyclic) bond motifs is 1. The average molecular weight is 476 g/mol. The first-order valence-electron chi connectivity index (χ1n) is 10.1. The van der Waals surface area contributed by atoms with Crippen molar-refractivity contribution in [1.29, 1.82) is 0 Å². The van der Waals surface area contributed by atoms with E-state index in [-0.39, 0.29) is 5.91 Å². The highest BCUT2D eigenvalue weighted by Gasteiger charge is 2.24. The lowest BCUT2D eigenvalue weighted by Crippen LogP contribution is -2.48. The Balaban J connectivity index is 1.46. The third kappa shape index (κ3) is 4.90. The minimum atomic E-state index is -3.18. The number of sulfonamides is 1. The Labute approximate surface area is 190 Å². The molecule has 170 valence electrons. The number of pyridine rings is 1. The zero-order valence-electron chi connectivity index (χ0n) is 18.1. The van der Waals surface area contributed by atoms with Crippen LogP contribution in [0.1, 0.15) is 29.8 Å². The summed E-state index contributed by atoms with van der Waals surface area (Å²) in [6, 6.07) is 10.5. The molecular weight excluding hydrogens is 450 g/mol. The fourth-order valence-electron chi connectivity index (χ4n) is 3.48. The van der Waals surface area contributed by atoms with Gasteiger partial charge in [-0.25, -0.2) is 18.4 Å². The Kier molecular flexibility index (Phi) is 5.93. The molecule has 2 aromatic heterocycles. The maximum Gasteiger partial charge on any atom is 0.257 e. The van der Waals surface area contributed by atoms with Crippen LogP contribution >= 0.6 is 11.3 Å². The number of rotatable bonds is 5. The van der Waals surface area contributed by atoms with E-state index in [1.54, 1.807) is 38.1 Å².